The Bertz CT molecular complexity index is 455. The van der Waals surface area contributed by atoms with E-state index in [1.807, 2.05) is 32.0 Å². The van der Waals surface area contributed by atoms with Crippen molar-refractivity contribution in [2.75, 3.05) is 13.2 Å². The molecule has 1 aromatic rings. The average molecular weight is 307 g/mol. The Balaban J connectivity index is 2.45. The Morgan fingerprint density at radius 1 is 1.09 bits per heavy atom. The third kappa shape index (κ3) is 6.80. The van der Waals surface area contributed by atoms with Crippen molar-refractivity contribution in [1.29, 1.82) is 0 Å². The fraction of sp³-hybridized carbons (Fsp3) is 0.684. The van der Waals surface area contributed by atoms with Crippen LogP contribution in [-0.2, 0) is 0 Å². The van der Waals surface area contributed by atoms with Crippen molar-refractivity contribution in [3.8, 4) is 5.75 Å². The molecule has 0 unspecified atom stereocenters. The van der Waals surface area contributed by atoms with E-state index < -0.39 is 6.10 Å². The van der Waals surface area contributed by atoms with Gasteiger partial charge in [-0.05, 0) is 50.7 Å². The monoisotopic (exact) mass is 307 g/mol. The molecule has 0 aliphatic carbocycles. The summed E-state index contributed by atoms with van der Waals surface area (Å²) in [4.78, 5) is 0. The molecule has 0 amide bonds. The van der Waals surface area contributed by atoms with E-state index >= 15 is 0 Å². The number of aryl methyl sites for hydroxylation is 2. The summed E-state index contributed by atoms with van der Waals surface area (Å²) in [6, 6.07) is 6.07. The van der Waals surface area contributed by atoms with E-state index in [2.05, 4.69) is 39.9 Å². The number of hydrogen-bond donors (Lipinski definition) is 2. The van der Waals surface area contributed by atoms with Crippen LogP contribution in [0.5, 0.6) is 5.75 Å². The van der Waals surface area contributed by atoms with Gasteiger partial charge in [-0.3, -0.25) is 0 Å². The summed E-state index contributed by atoms with van der Waals surface area (Å²) in [5.41, 5.74) is 2.47. The quantitative estimate of drug-likeness (QED) is 0.804. The molecule has 3 nitrogen and oxygen atoms in total. The molecule has 126 valence electrons. The average Bonchev–Trinajstić information content (AvgIpc) is 2.33. The van der Waals surface area contributed by atoms with Gasteiger partial charge in [-0.1, -0.05) is 39.0 Å². The Labute approximate surface area is 136 Å². The maximum atomic E-state index is 10.2. The molecule has 1 rings (SSSR count). The predicted octanol–water partition coefficient (Wildman–Crippen LogP) is 3.85. The van der Waals surface area contributed by atoms with Crippen LogP contribution in [0.4, 0.5) is 0 Å². The van der Waals surface area contributed by atoms with Crippen molar-refractivity contribution in [2.45, 2.75) is 66.5 Å². The van der Waals surface area contributed by atoms with E-state index in [9.17, 15) is 5.11 Å². The van der Waals surface area contributed by atoms with Crippen LogP contribution in [-0.4, -0.2) is 29.9 Å². The van der Waals surface area contributed by atoms with Gasteiger partial charge in [0.15, 0.2) is 0 Å². The highest BCUT2D eigenvalue weighted by Crippen LogP contribution is 2.26. The van der Waals surface area contributed by atoms with Gasteiger partial charge in [0.05, 0.1) is 0 Å². The minimum absolute atomic E-state index is 0.00217. The second-order valence-corrected chi connectivity index (χ2v) is 8.19. The number of ether oxygens (including phenoxy) is 1. The molecule has 0 aliphatic rings. The number of aliphatic hydroxyl groups excluding tert-OH is 1. The van der Waals surface area contributed by atoms with Crippen molar-refractivity contribution in [3.63, 3.8) is 0 Å². The Hall–Kier alpha value is -1.06. The minimum Gasteiger partial charge on any atom is -0.490 e. The molecule has 0 aromatic heterocycles. The fourth-order valence-electron chi connectivity index (χ4n) is 3.05. The highest BCUT2D eigenvalue weighted by Gasteiger charge is 2.25. The highest BCUT2D eigenvalue weighted by molar-refractivity contribution is 5.39. The zero-order valence-corrected chi connectivity index (χ0v) is 15.3. The van der Waals surface area contributed by atoms with Crippen LogP contribution in [0, 0.1) is 19.3 Å². The van der Waals surface area contributed by atoms with E-state index in [1.54, 1.807) is 0 Å². The minimum atomic E-state index is -0.516. The lowest BCUT2D eigenvalue weighted by Gasteiger charge is -2.34. The summed E-state index contributed by atoms with van der Waals surface area (Å²) in [7, 11) is 0. The van der Waals surface area contributed by atoms with Gasteiger partial charge >= 0.3 is 0 Å². The van der Waals surface area contributed by atoms with E-state index in [1.165, 1.54) is 0 Å². The standard InChI is InChI=1S/C19H33NO2/c1-14-9-8-10-15(2)17(14)22-12-16(21)11-20-19(6,7)13-18(3,4)5/h8-10,16,20-21H,11-13H2,1-7H3/t16-/m1/s1. The summed E-state index contributed by atoms with van der Waals surface area (Å²) >= 11 is 0. The molecular formula is C19H33NO2. The van der Waals surface area contributed by atoms with E-state index in [0.717, 1.165) is 23.3 Å². The molecular weight excluding hydrogens is 274 g/mol. The second-order valence-electron chi connectivity index (χ2n) is 8.19. The molecule has 3 heteroatoms. The predicted molar refractivity (Wildman–Crippen MR) is 93.6 cm³/mol. The first-order chi connectivity index (χ1) is 10.0. The summed E-state index contributed by atoms with van der Waals surface area (Å²) in [6.07, 6.45) is 0.531. The number of rotatable bonds is 7. The normalized spacial score (nSPS) is 14.0. The van der Waals surface area contributed by atoms with Crippen molar-refractivity contribution in [1.82, 2.24) is 5.32 Å². The van der Waals surface area contributed by atoms with Crippen LogP contribution in [0.2, 0.25) is 0 Å². The third-order valence-electron chi connectivity index (χ3n) is 3.62. The third-order valence-corrected chi connectivity index (χ3v) is 3.62. The lowest BCUT2D eigenvalue weighted by Crippen LogP contribution is -2.46. The zero-order valence-electron chi connectivity index (χ0n) is 15.3. The maximum Gasteiger partial charge on any atom is 0.125 e. The van der Waals surface area contributed by atoms with Crippen LogP contribution in [0.3, 0.4) is 0 Å². The van der Waals surface area contributed by atoms with Crippen LogP contribution < -0.4 is 10.1 Å². The SMILES string of the molecule is Cc1cccc(C)c1OC[C@H](O)CNC(C)(C)CC(C)(C)C. The van der Waals surface area contributed by atoms with Crippen LogP contribution >= 0.6 is 0 Å². The molecule has 0 bridgehead atoms. The number of para-hydroxylation sites is 1. The molecule has 0 saturated carbocycles. The summed E-state index contributed by atoms with van der Waals surface area (Å²) in [5, 5.41) is 13.6. The molecule has 0 spiro atoms. The van der Waals surface area contributed by atoms with E-state index in [4.69, 9.17) is 4.74 Å². The van der Waals surface area contributed by atoms with Gasteiger partial charge in [0.1, 0.15) is 18.5 Å². The fourth-order valence-corrected chi connectivity index (χ4v) is 3.05. The topological polar surface area (TPSA) is 41.5 Å². The van der Waals surface area contributed by atoms with Gasteiger partial charge in [0.2, 0.25) is 0 Å². The van der Waals surface area contributed by atoms with Gasteiger partial charge in [0.25, 0.3) is 0 Å². The van der Waals surface area contributed by atoms with E-state index in [-0.39, 0.29) is 11.0 Å². The number of β-amino-alcohol motifs (C(OH)–C–C–N with tert-alkyl or cyclic N) is 1. The van der Waals surface area contributed by atoms with Crippen LogP contribution in [0.1, 0.15) is 52.2 Å². The molecule has 0 aliphatic heterocycles. The largest absolute Gasteiger partial charge is 0.490 e. The van der Waals surface area contributed by atoms with Gasteiger partial charge in [-0.25, -0.2) is 0 Å². The van der Waals surface area contributed by atoms with Crippen molar-refractivity contribution < 1.29 is 9.84 Å². The van der Waals surface area contributed by atoms with Crippen LogP contribution in [0.15, 0.2) is 18.2 Å². The van der Waals surface area contributed by atoms with E-state index in [0.29, 0.717) is 13.2 Å². The second kappa shape index (κ2) is 7.47. The first-order valence-corrected chi connectivity index (χ1v) is 8.12. The van der Waals surface area contributed by atoms with Gasteiger partial charge in [-0.15, -0.1) is 0 Å². The lowest BCUT2D eigenvalue weighted by molar-refractivity contribution is 0.0938. The Morgan fingerprint density at radius 2 is 1.64 bits per heavy atom. The summed E-state index contributed by atoms with van der Waals surface area (Å²) in [5.74, 6) is 0.885. The first-order valence-electron chi connectivity index (χ1n) is 8.12. The molecule has 1 atom stereocenters. The van der Waals surface area contributed by atoms with Crippen LogP contribution in [0.25, 0.3) is 0 Å². The molecule has 2 N–H and O–H groups in total. The molecule has 1 aromatic carbocycles. The van der Waals surface area contributed by atoms with Gasteiger partial charge < -0.3 is 15.2 Å². The molecule has 0 heterocycles. The van der Waals surface area contributed by atoms with Crippen molar-refractivity contribution in [3.05, 3.63) is 29.3 Å². The van der Waals surface area contributed by atoms with Gasteiger partial charge in [0, 0.05) is 12.1 Å². The highest BCUT2D eigenvalue weighted by atomic mass is 16.5. The van der Waals surface area contributed by atoms with Gasteiger partial charge in [-0.2, -0.15) is 0 Å². The molecule has 22 heavy (non-hydrogen) atoms. The van der Waals surface area contributed by atoms with Crippen molar-refractivity contribution in [2.24, 2.45) is 5.41 Å². The molecule has 0 radical (unpaired) electrons. The first kappa shape index (κ1) is 19.0. The lowest BCUT2D eigenvalue weighted by atomic mass is 9.82. The number of nitrogens with one attached hydrogen (secondary N) is 1. The Morgan fingerprint density at radius 3 is 2.14 bits per heavy atom. The maximum absolute atomic E-state index is 10.2. The summed E-state index contributed by atoms with van der Waals surface area (Å²) in [6.45, 7) is 16.0. The number of aliphatic hydroxyl groups is 1. The molecule has 0 saturated heterocycles. The molecule has 0 fully saturated rings. The summed E-state index contributed by atoms with van der Waals surface area (Å²) < 4.78 is 5.81. The number of benzene rings is 1. The zero-order chi connectivity index (χ0) is 17.0. The van der Waals surface area contributed by atoms with Crippen molar-refractivity contribution >= 4 is 0 Å². The smallest absolute Gasteiger partial charge is 0.125 e. The Kier molecular flexibility index (Phi) is 6.45. The number of hydrogen-bond acceptors (Lipinski definition) is 3.